The van der Waals surface area contributed by atoms with Gasteiger partial charge in [-0.2, -0.15) is 0 Å². The Balaban J connectivity index is 1.65. The molecule has 2 aromatic carbocycles. The third-order valence-electron chi connectivity index (χ3n) is 3.54. The van der Waals surface area contributed by atoms with Crippen LogP contribution in [-0.2, 0) is 6.42 Å². The van der Waals surface area contributed by atoms with Gasteiger partial charge < -0.3 is 4.74 Å². The van der Waals surface area contributed by atoms with Gasteiger partial charge >= 0.3 is 0 Å². The van der Waals surface area contributed by atoms with Crippen molar-refractivity contribution >= 4 is 15.9 Å². The summed E-state index contributed by atoms with van der Waals surface area (Å²) in [6.45, 7) is 2.85. The van der Waals surface area contributed by atoms with Gasteiger partial charge in [0.05, 0.1) is 6.61 Å². The third-order valence-corrected chi connectivity index (χ3v) is 4.43. The summed E-state index contributed by atoms with van der Waals surface area (Å²) in [7, 11) is 0. The first-order chi connectivity index (χ1) is 8.74. The van der Waals surface area contributed by atoms with E-state index in [-0.39, 0.29) is 0 Å². The number of rotatable bonds is 3. The molecule has 0 spiro atoms. The topological polar surface area (TPSA) is 9.23 Å². The lowest BCUT2D eigenvalue weighted by Gasteiger charge is -2.29. The third kappa shape index (κ3) is 2.17. The van der Waals surface area contributed by atoms with Gasteiger partial charge in [0.2, 0.25) is 0 Å². The molecule has 1 nitrogen and oxygen atoms in total. The SMILES string of the molecule is Cc1cc(OCC2Cc3ccccc32)ccc1Br. The van der Waals surface area contributed by atoms with Crippen molar-refractivity contribution in [3.63, 3.8) is 0 Å². The second-order valence-corrected chi connectivity index (χ2v) is 5.68. The largest absolute Gasteiger partial charge is 0.493 e. The molecule has 2 aromatic rings. The fourth-order valence-electron chi connectivity index (χ4n) is 2.42. The number of hydrogen-bond donors (Lipinski definition) is 0. The molecular weight excluding hydrogens is 288 g/mol. The zero-order valence-electron chi connectivity index (χ0n) is 10.3. The highest BCUT2D eigenvalue weighted by molar-refractivity contribution is 9.10. The molecule has 0 aromatic heterocycles. The number of hydrogen-bond acceptors (Lipinski definition) is 1. The maximum Gasteiger partial charge on any atom is 0.119 e. The van der Waals surface area contributed by atoms with Gasteiger partial charge in [-0.3, -0.25) is 0 Å². The van der Waals surface area contributed by atoms with E-state index >= 15 is 0 Å². The Morgan fingerprint density at radius 3 is 2.83 bits per heavy atom. The fourth-order valence-corrected chi connectivity index (χ4v) is 2.66. The second kappa shape index (κ2) is 4.77. The van der Waals surface area contributed by atoms with Crippen molar-refractivity contribution in [2.45, 2.75) is 19.3 Å². The summed E-state index contributed by atoms with van der Waals surface area (Å²) in [5.41, 5.74) is 4.13. The smallest absolute Gasteiger partial charge is 0.119 e. The van der Waals surface area contributed by atoms with Gasteiger partial charge in [-0.25, -0.2) is 0 Å². The molecule has 1 aliphatic rings. The Morgan fingerprint density at radius 1 is 1.22 bits per heavy atom. The maximum atomic E-state index is 5.88. The first-order valence-electron chi connectivity index (χ1n) is 6.21. The molecule has 2 heteroatoms. The summed E-state index contributed by atoms with van der Waals surface area (Å²) in [4.78, 5) is 0. The van der Waals surface area contributed by atoms with Crippen molar-refractivity contribution in [2.24, 2.45) is 0 Å². The predicted octanol–water partition coefficient (Wildman–Crippen LogP) is 4.48. The molecule has 0 aliphatic heterocycles. The van der Waals surface area contributed by atoms with Gasteiger partial charge in [0.25, 0.3) is 0 Å². The van der Waals surface area contributed by atoms with E-state index in [0.29, 0.717) is 5.92 Å². The van der Waals surface area contributed by atoms with E-state index in [1.54, 1.807) is 0 Å². The Kier molecular flexibility index (Phi) is 3.13. The van der Waals surface area contributed by atoms with Gasteiger partial charge in [-0.15, -0.1) is 0 Å². The summed E-state index contributed by atoms with van der Waals surface area (Å²) in [5, 5.41) is 0. The molecule has 0 N–H and O–H groups in total. The molecule has 1 aliphatic carbocycles. The van der Waals surface area contributed by atoms with Crippen molar-refractivity contribution in [3.05, 3.63) is 63.6 Å². The standard InChI is InChI=1S/C16H15BrO/c1-11-8-14(6-7-16(11)17)18-10-13-9-12-4-2-3-5-15(12)13/h2-8,13H,9-10H2,1H3. The van der Waals surface area contributed by atoms with Crippen LogP contribution in [-0.4, -0.2) is 6.61 Å². The Bertz CT molecular complexity index is 577. The Hall–Kier alpha value is -1.28. The van der Waals surface area contributed by atoms with E-state index < -0.39 is 0 Å². The molecule has 0 radical (unpaired) electrons. The molecule has 0 amide bonds. The van der Waals surface area contributed by atoms with Crippen LogP contribution in [0.4, 0.5) is 0 Å². The molecule has 0 saturated carbocycles. The number of ether oxygens (including phenoxy) is 1. The van der Waals surface area contributed by atoms with Crippen LogP contribution >= 0.6 is 15.9 Å². The predicted molar refractivity (Wildman–Crippen MR) is 77.3 cm³/mol. The highest BCUT2D eigenvalue weighted by Crippen LogP contribution is 2.35. The van der Waals surface area contributed by atoms with Crippen LogP contribution in [0.25, 0.3) is 0 Å². The first-order valence-corrected chi connectivity index (χ1v) is 7.00. The number of aryl methyl sites for hydroxylation is 1. The molecule has 0 bridgehead atoms. The van der Waals surface area contributed by atoms with Gasteiger partial charge in [0.1, 0.15) is 5.75 Å². The van der Waals surface area contributed by atoms with Crippen LogP contribution in [0.3, 0.4) is 0 Å². The average Bonchev–Trinajstić information content (AvgIpc) is 2.35. The summed E-state index contributed by atoms with van der Waals surface area (Å²) in [6, 6.07) is 14.8. The van der Waals surface area contributed by atoms with E-state index in [1.165, 1.54) is 16.7 Å². The van der Waals surface area contributed by atoms with E-state index in [9.17, 15) is 0 Å². The van der Waals surface area contributed by atoms with Crippen LogP contribution in [0.15, 0.2) is 46.9 Å². The molecule has 1 unspecified atom stereocenters. The van der Waals surface area contributed by atoms with Crippen molar-refractivity contribution in [1.29, 1.82) is 0 Å². The minimum Gasteiger partial charge on any atom is -0.493 e. The average molecular weight is 303 g/mol. The summed E-state index contributed by atoms with van der Waals surface area (Å²) >= 11 is 3.50. The molecule has 0 fully saturated rings. The van der Waals surface area contributed by atoms with E-state index in [4.69, 9.17) is 4.74 Å². The molecule has 92 valence electrons. The minimum atomic E-state index is 0.560. The highest BCUT2D eigenvalue weighted by atomic mass is 79.9. The van der Waals surface area contributed by atoms with Gasteiger partial charge in [0.15, 0.2) is 0 Å². The quantitative estimate of drug-likeness (QED) is 0.812. The molecule has 18 heavy (non-hydrogen) atoms. The molecule has 3 rings (SSSR count). The summed E-state index contributed by atoms with van der Waals surface area (Å²) in [5.74, 6) is 1.52. The van der Waals surface area contributed by atoms with Crippen molar-refractivity contribution in [1.82, 2.24) is 0 Å². The lowest BCUT2D eigenvalue weighted by atomic mass is 9.78. The van der Waals surface area contributed by atoms with Crippen LogP contribution in [0.5, 0.6) is 5.75 Å². The number of halogens is 1. The first kappa shape index (κ1) is 11.8. The van der Waals surface area contributed by atoms with E-state index in [2.05, 4.69) is 53.2 Å². The number of fused-ring (bicyclic) bond motifs is 1. The van der Waals surface area contributed by atoms with Gasteiger partial charge in [0, 0.05) is 10.4 Å². The molecule has 0 heterocycles. The normalized spacial score (nSPS) is 16.9. The second-order valence-electron chi connectivity index (χ2n) is 4.82. The minimum absolute atomic E-state index is 0.560. The lowest BCUT2D eigenvalue weighted by molar-refractivity contribution is 0.275. The van der Waals surface area contributed by atoms with Gasteiger partial charge in [-0.1, -0.05) is 40.2 Å². The molecule has 0 saturated heterocycles. The fraction of sp³-hybridized carbons (Fsp3) is 0.250. The zero-order chi connectivity index (χ0) is 12.5. The maximum absolute atomic E-state index is 5.88. The van der Waals surface area contributed by atoms with Crippen LogP contribution in [0.1, 0.15) is 22.6 Å². The van der Waals surface area contributed by atoms with Crippen LogP contribution < -0.4 is 4.74 Å². The number of benzene rings is 2. The molecular formula is C16H15BrO. The van der Waals surface area contributed by atoms with Crippen LogP contribution in [0, 0.1) is 6.92 Å². The highest BCUT2D eigenvalue weighted by Gasteiger charge is 2.25. The van der Waals surface area contributed by atoms with Gasteiger partial charge in [-0.05, 0) is 48.2 Å². The Morgan fingerprint density at radius 2 is 2.06 bits per heavy atom. The van der Waals surface area contributed by atoms with Crippen molar-refractivity contribution < 1.29 is 4.74 Å². The molecule has 1 atom stereocenters. The zero-order valence-corrected chi connectivity index (χ0v) is 11.9. The monoisotopic (exact) mass is 302 g/mol. The van der Waals surface area contributed by atoms with Crippen molar-refractivity contribution in [2.75, 3.05) is 6.61 Å². The summed E-state index contributed by atoms with van der Waals surface area (Å²) < 4.78 is 7.01. The van der Waals surface area contributed by atoms with E-state index in [1.807, 2.05) is 12.1 Å². The summed E-state index contributed by atoms with van der Waals surface area (Å²) in [6.07, 6.45) is 1.14. The Labute approximate surface area is 116 Å². The van der Waals surface area contributed by atoms with Crippen LogP contribution in [0.2, 0.25) is 0 Å². The van der Waals surface area contributed by atoms with Crippen molar-refractivity contribution in [3.8, 4) is 5.75 Å². The lowest BCUT2D eigenvalue weighted by Crippen LogP contribution is -2.23. The van der Waals surface area contributed by atoms with E-state index in [0.717, 1.165) is 23.2 Å².